The molecule has 0 aliphatic heterocycles. The van der Waals surface area contributed by atoms with Crippen LogP contribution in [-0.2, 0) is 9.59 Å². The van der Waals surface area contributed by atoms with Gasteiger partial charge in [-0.15, -0.1) is 0 Å². The first kappa shape index (κ1) is 20.8. The second-order valence-electron chi connectivity index (χ2n) is 3.28. The number of halogens is 2. The number of hydrogen-bond acceptors (Lipinski definition) is 4. The summed E-state index contributed by atoms with van der Waals surface area (Å²) in [6.45, 7) is 0.668. The van der Waals surface area contributed by atoms with Crippen LogP contribution in [0.1, 0.15) is 6.92 Å². The van der Waals surface area contributed by atoms with Crippen LogP contribution in [-0.4, -0.2) is 42.9 Å². The van der Waals surface area contributed by atoms with Crippen molar-refractivity contribution < 1.29 is 24.5 Å². The topological polar surface area (TPSA) is 95.9 Å². The average molecular weight is 326 g/mol. The molecule has 3 N–H and O–H groups in total. The fourth-order valence-electron chi connectivity index (χ4n) is 0.732. The van der Waals surface area contributed by atoms with E-state index in [4.69, 9.17) is 42.9 Å². The van der Waals surface area contributed by atoms with E-state index in [2.05, 4.69) is 5.32 Å². The van der Waals surface area contributed by atoms with Crippen molar-refractivity contribution in [3.05, 3.63) is 28.2 Å². The number of hydrogen-bond donors (Lipinski definition) is 3. The van der Waals surface area contributed by atoms with Crippen molar-refractivity contribution >= 4 is 35.1 Å². The SMILES string of the molecule is CC(=O)O.CNC.O=C(O)COc1ccc(Cl)cc1Cl. The van der Waals surface area contributed by atoms with Crippen molar-refractivity contribution in [2.45, 2.75) is 6.92 Å². The van der Waals surface area contributed by atoms with Crippen LogP contribution in [0.5, 0.6) is 5.75 Å². The molecule has 0 aromatic heterocycles. The third-order valence-electron chi connectivity index (χ3n) is 1.25. The third-order valence-corrected chi connectivity index (χ3v) is 1.78. The standard InChI is InChI=1S/C8H6Cl2O3.C2H7N.C2H4O2/c9-5-1-2-7(6(10)3-5)13-4-8(11)12;1-3-2;1-2(3)4/h1-3H,4H2,(H,11,12);3H,1-2H3;1H3,(H,3,4). The van der Waals surface area contributed by atoms with Gasteiger partial charge in [-0.25, -0.2) is 4.79 Å². The Hall–Kier alpha value is -1.50. The highest BCUT2D eigenvalue weighted by molar-refractivity contribution is 6.35. The molecule has 0 aliphatic rings. The Morgan fingerprint density at radius 2 is 1.70 bits per heavy atom. The van der Waals surface area contributed by atoms with Crippen LogP contribution >= 0.6 is 23.2 Å². The average Bonchev–Trinajstić information content (AvgIpc) is 2.27. The Morgan fingerprint density at radius 1 is 1.25 bits per heavy atom. The van der Waals surface area contributed by atoms with E-state index in [0.29, 0.717) is 15.8 Å². The molecule has 0 aliphatic carbocycles. The van der Waals surface area contributed by atoms with Crippen molar-refractivity contribution in [2.24, 2.45) is 0 Å². The summed E-state index contributed by atoms with van der Waals surface area (Å²) in [5, 5.41) is 19.3. The van der Waals surface area contributed by atoms with Gasteiger partial charge in [-0.2, -0.15) is 0 Å². The molecule has 0 amide bonds. The quantitative estimate of drug-likeness (QED) is 0.789. The molecule has 0 fully saturated rings. The van der Waals surface area contributed by atoms with Crippen LogP contribution in [0.15, 0.2) is 18.2 Å². The number of aliphatic carboxylic acids is 2. The summed E-state index contributed by atoms with van der Waals surface area (Å²) < 4.78 is 4.86. The molecule has 20 heavy (non-hydrogen) atoms. The van der Waals surface area contributed by atoms with Crippen LogP contribution in [0, 0.1) is 0 Å². The molecular weight excluding hydrogens is 309 g/mol. The minimum Gasteiger partial charge on any atom is -0.481 e. The predicted molar refractivity (Wildman–Crippen MR) is 77.9 cm³/mol. The molecule has 0 atom stereocenters. The van der Waals surface area contributed by atoms with Gasteiger partial charge in [0.15, 0.2) is 6.61 Å². The molecular formula is C12H17Cl2NO5. The van der Waals surface area contributed by atoms with Crippen molar-refractivity contribution in [2.75, 3.05) is 20.7 Å². The second-order valence-corrected chi connectivity index (χ2v) is 4.12. The van der Waals surface area contributed by atoms with Gasteiger partial charge in [-0.3, -0.25) is 4.79 Å². The van der Waals surface area contributed by atoms with Gasteiger partial charge in [0.05, 0.1) is 5.02 Å². The first-order chi connectivity index (χ1) is 9.24. The monoisotopic (exact) mass is 325 g/mol. The number of rotatable bonds is 3. The Labute approximate surface area is 127 Å². The number of carbonyl (C=O) groups is 2. The number of carboxylic acids is 2. The lowest BCUT2D eigenvalue weighted by molar-refractivity contribution is -0.139. The van der Waals surface area contributed by atoms with Crippen molar-refractivity contribution in [1.82, 2.24) is 5.32 Å². The minimum atomic E-state index is -1.05. The number of carboxylic acid groups (broad SMARTS) is 2. The predicted octanol–water partition coefficient (Wildman–Crippen LogP) is 2.38. The van der Waals surface area contributed by atoms with Gasteiger partial charge in [-0.1, -0.05) is 23.2 Å². The van der Waals surface area contributed by atoms with Gasteiger partial charge < -0.3 is 20.3 Å². The zero-order valence-corrected chi connectivity index (χ0v) is 12.8. The van der Waals surface area contributed by atoms with E-state index in [1.54, 1.807) is 6.07 Å². The number of benzene rings is 1. The molecule has 0 radical (unpaired) electrons. The van der Waals surface area contributed by atoms with Crippen LogP contribution in [0.3, 0.4) is 0 Å². The van der Waals surface area contributed by atoms with Crippen molar-refractivity contribution in [3.63, 3.8) is 0 Å². The van der Waals surface area contributed by atoms with E-state index in [1.165, 1.54) is 12.1 Å². The van der Waals surface area contributed by atoms with E-state index in [-0.39, 0.29) is 0 Å². The highest BCUT2D eigenvalue weighted by Gasteiger charge is 2.04. The Bertz CT molecular complexity index is 422. The first-order valence-electron chi connectivity index (χ1n) is 5.32. The summed E-state index contributed by atoms with van der Waals surface area (Å²) in [5.74, 6) is -1.57. The van der Waals surface area contributed by atoms with Gasteiger partial charge in [0, 0.05) is 11.9 Å². The molecule has 0 unspecified atom stereocenters. The zero-order chi connectivity index (χ0) is 16.1. The molecule has 1 aromatic carbocycles. The summed E-state index contributed by atoms with van der Waals surface area (Å²) in [5.41, 5.74) is 0. The second kappa shape index (κ2) is 12.5. The Morgan fingerprint density at radius 3 is 2.05 bits per heavy atom. The number of ether oxygens (including phenoxy) is 1. The maximum atomic E-state index is 10.2. The normalized spacial score (nSPS) is 8.45. The molecule has 0 saturated carbocycles. The van der Waals surface area contributed by atoms with Crippen LogP contribution in [0.25, 0.3) is 0 Å². The van der Waals surface area contributed by atoms with E-state index >= 15 is 0 Å². The molecule has 1 rings (SSSR count). The van der Waals surface area contributed by atoms with E-state index < -0.39 is 18.5 Å². The number of nitrogens with one attached hydrogen (secondary N) is 1. The molecule has 1 aromatic rings. The summed E-state index contributed by atoms with van der Waals surface area (Å²) in [7, 11) is 3.75. The lowest BCUT2D eigenvalue weighted by Crippen LogP contribution is -2.09. The lowest BCUT2D eigenvalue weighted by Gasteiger charge is -2.04. The molecule has 0 spiro atoms. The van der Waals surface area contributed by atoms with E-state index in [1.807, 2.05) is 14.1 Å². The van der Waals surface area contributed by atoms with Crippen molar-refractivity contribution in [3.8, 4) is 5.75 Å². The van der Waals surface area contributed by atoms with Crippen LogP contribution < -0.4 is 10.1 Å². The smallest absolute Gasteiger partial charge is 0.341 e. The fraction of sp³-hybridized carbons (Fsp3) is 0.333. The van der Waals surface area contributed by atoms with Crippen LogP contribution in [0.2, 0.25) is 10.0 Å². The van der Waals surface area contributed by atoms with E-state index in [0.717, 1.165) is 6.92 Å². The maximum Gasteiger partial charge on any atom is 0.341 e. The van der Waals surface area contributed by atoms with Crippen molar-refractivity contribution in [1.29, 1.82) is 0 Å². The lowest BCUT2D eigenvalue weighted by atomic mass is 10.3. The minimum absolute atomic E-state index is 0.300. The third kappa shape index (κ3) is 14.6. The molecule has 0 heterocycles. The summed E-state index contributed by atoms with van der Waals surface area (Å²) in [6.07, 6.45) is 0. The molecule has 0 bridgehead atoms. The van der Waals surface area contributed by atoms with Gasteiger partial charge in [-0.05, 0) is 32.3 Å². The first-order valence-corrected chi connectivity index (χ1v) is 6.07. The molecule has 114 valence electrons. The zero-order valence-electron chi connectivity index (χ0n) is 11.3. The fourth-order valence-corrected chi connectivity index (χ4v) is 1.19. The van der Waals surface area contributed by atoms with Gasteiger partial charge in [0.1, 0.15) is 5.75 Å². The maximum absolute atomic E-state index is 10.2. The largest absolute Gasteiger partial charge is 0.481 e. The Kier molecular flexibility index (Phi) is 13.0. The van der Waals surface area contributed by atoms with E-state index in [9.17, 15) is 4.79 Å². The Balaban J connectivity index is 0. The summed E-state index contributed by atoms with van der Waals surface area (Å²) in [6, 6.07) is 4.58. The highest BCUT2D eigenvalue weighted by atomic mass is 35.5. The highest BCUT2D eigenvalue weighted by Crippen LogP contribution is 2.27. The van der Waals surface area contributed by atoms with Crippen LogP contribution in [0.4, 0.5) is 0 Å². The molecule has 0 saturated heterocycles. The van der Waals surface area contributed by atoms with Gasteiger partial charge >= 0.3 is 5.97 Å². The summed E-state index contributed by atoms with van der Waals surface area (Å²) in [4.78, 5) is 19.2. The summed E-state index contributed by atoms with van der Waals surface area (Å²) >= 11 is 11.3. The molecule has 6 nitrogen and oxygen atoms in total. The molecule has 8 heteroatoms. The van der Waals surface area contributed by atoms with Gasteiger partial charge in [0.25, 0.3) is 5.97 Å². The van der Waals surface area contributed by atoms with Gasteiger partial charge in [0.2, 0.25) is 0 Å².